The maximum absolute atomic E-state index is 12.2. The summed E-state index contributed by atoms with van der Waals surface area (Å²) < 4.78 is 0. The zero-order valence-electron chi connectivity index (χ0n) is 13.1. The van der Waals surface area contributed by atoms with Crippen LogP contribution in [0.25, 0.3) is 0 Å². The van der Waals surface area contributed by atoms with Crippen LogP contribution in [0.1, 0.15) is 23.2 Å². The van der Waals surface area contributed by atoms with Crippen molar-refractivity contribution < 1.29 is 9.72 Å². The highest BCUT2D eigenvalue weighted by atomic mass is 16.6. The fourth-order valence-corrected chi connectivity index (χ4v) is 2.76. The molecule has 0 bridgehead atoms. The fraction of sp³-hybridized carbons (Fsp3) is 0.235. The Morgan fingerprint density at radius 3 is 2.46 bits per heavy atom. The average molecular weight is 326 g/mol. The molecule has 2 aromatic carbocycles. The number of hydrogen-bond donors (Lipinski definition) is 2. The van der Waals surface area contributed by atoms with Gasteiger partial charge in [0, 0.05) is 24.7 Å². The van der Waals surface area contributed by atoms with Crippen LogP contribution in [0.4, 0.5) is 17.1 Å². The predicted octanol–water partition coefficient (Wildman–Crippen LogP) is 2.95. The molecule has 24 heavy (non-hydrogen) atoms. The molecule has 0 saturated carbocycles. The summed E-state index contributed by atoms with van der Waals surface area (Å²) in [4.78, 5) is 25.1. The molecule has 0 unspecified atom stereocenters. The van der Waals surface area contributed by atoms with Gasteiger partial charge in [-0.15, -0.1) is 0 Å². The fourth-order valence-electron chi connectivity index (χ4n) is 2.76. The van der Waals surface area contributed by atoms with Gasteiger partial charge in [0.15, 0.2) is 0 Å². The molecule has 1 aliphatic heterocycles. The summed E-state index contributed by atoms with van der Waals surface area (Å²) in [6, 6.07) is 13.7. The van der Waals surface area contributed by atoms with Gasteiger partial charge in [-0.3, -0.25) is 25.8 Å². The first-order valence-electron chi connectivity index (χ1n) is 7.80. The largest absolute Gasteiger partial charge is 0.366 e. The number of hydrazine groups is 1. The Hall–Kier alpha value is -3.09. The van der Waals surface area contributed by atoms with Gasteiger partial charge in [-0.25, -0.2) is 0 Å². The lowest BCUT2D eigenvalue weighted by Gasteiger charge is -2.18. The highest BCUT2D eigenvalue weighted by molar-refractivity contribution is 5.96. The first-order valence-corrected chi connectivity index (χ1v) is 7.80. The molecule has 0 spiro atoms. The van der Waals surface area contributed by atoms with E-state index in [2.05, 4.69) is 10.9 Å². The lowest BCUT2D eigenvalue weighted by Crippen LogP contribution is -2.29. The molecule has 1 amide bonds. The van der Waals surface area contributed by atoms with Crippen molar-refractivity contribution in [3.05, 3.63) is 64.2 Å². The van der Waals surface area contributed by atoms with Crippen molar-refractivity contribution in [2.24, 2.45) is 0 Å². The molecule has 124 valence electrons. The molecule has 7 heteroatoms. The Morgan fingerprint density at radius 2 is 1.79 bits per heavy atom. The minimum Gasteiger partial charge on any atom is -0.366 e. The Bertz CT molecular complexity index is 743. The first kappa shape index (κ1) is 15.8. The molecule has 3 rings (SSSR count). The smallest absolute Gasteiger partial charge is 0.293 e. The standard InChI is InChI=1S/C17H18N4O3/c22-17(19-18-14-6-2-1-3-7-14)13-8-9-15(16(12-13)21(23)24)20-10-4-5-11-20/h1-3,6-9,12,18H,4-5,10-11H2,(H,19,22). The number of hydrogen-bond acceptors (Lipinski definition) is 5. The van der Waals surface area contributed by atoms with Crippen LogP contribution in [0.2, 0.25) is 0 Å². The molecule has 0 radical (unpaired) electrons. The molecular formula is C17H18N4O3. The van der Waals surface area contributed by atoms with E-state index in [1.54, 1.807) is 24.3 Å². The van der Waals surface area contributed by atoms with Crippen molar-refractivity contribution in [2.75, 3.05) is 23.4 Å². The molecule has 1 saturated heterocycles. The van der Waals surface area contributed by atoms with Crippen LogP contribution >= 0.6 is 0 Å². The van der Waals surface area contributed by atoms with E-state index >= 15 is 0 Å². The zero-order valence-corrected chi connectivity index (χ0v) is 13.1. The third-order valence-electron chi connectivity index (χ3n) is 3.98. The van der Waals surface area contributed by atoms with Crippen LogP contribution in [0.15, 0.2) is 48.5 Å². The number of nitrogens with one attached hydrogen (secondary N) is 2. The van der Waals surface area contributed by atoms with Crippen molar-refractivity contribution >= 4 is 23.0 Å². The van der Waals surface area contributed by atoms with E-state index in [1.807, 2.05) is 23.1 Å². The molecule has 2 N–H and O–H groups in total. The van der Waals surface area contributed by atoms with Crippen molar-refractivity contribution in [1.82, 2.24) is 5.43 Å². The maximum atomic E-state index is 12.2. The minimum absolute atomic E-state index is 0.0377. The molecule has 1 aliphatic rings. The number of carbonyl (C=O) groups excluding carboxylic acids is 1. The molecule has 2 aromatic rings. The van der Waals surface area contributed by atoms with Crippen LogP contribution in [0.3, 0.4) is 0 Å². The lowest BCUT2D eigenvalue weighted by atomic mass is 10.1. The van der Waals surface area contributed by atoms with E-state index in [-0.39, 0.29) is 11.3 Å². The number of nitrogens with zero attached hydrogens (tertiary/aromatic N) is 2. The van der Waals surface area contributed by atoms with Crippen molar-refractivity contribution in [3.63, 3.8) is 0 Å². The predicted molar refractivity (Wildman–Crippen MR) is 92.1 cm³/mol. The molecule has 1 heterocycles. The van der Waals surface area contributed by atoms with Gasteiger partial charge in [-0.05, 0) is 37.1 Å². The third kappa shape index (κ3) is 3.45. The second kappa shape index (κ2) is 6.99. The summed E-state index contributed by atoms with van der Waals surface area (Å²) in [6.45, 7) is 1.61. The van der Waals surface area contributed by atoms with E-state index in [0.29, 0.717) is 5.69 Å². The Labute approximate surface area is 139 Å². The van der Waals surface area contributed by atoms with Gasteiger partial charge < -0.3 is 4.90 Å². The highest BCUT2D eigenvalue weighted by Crippen LogP contribution is 2.31. The van der Waals surface area contributed by atoms with E-state index < -0.39 is 10.8 Å². The van der Waals surface area contributed by atoms with E-state index in [1.165, 1.54) is 6.07 Å². The number of nitro benzene ring substituents is 1. The number of anilines is 2. The van der Waals surface area contributed by atoms with Crippen LogP contribution in [0.5, 0.6) is 0 Å². The molecule has 1 fully saturated rings. The number of para-hydroxylation sites is 1. The van der Waals surface area contributed by atoms with Crippen molar-refractivity contribution in [2.45, 2.75) is 12.8 Å². The quantitative estimate of drug-likeness (QED) is 0.651. The van der Waals surface area contributed by atoms with Gasteiger partial charge >= 0.3 is 0 Å². The highest BCUT2D eigenvalue weighted by Gasteiger charge is 2.23. The average Bonchev–Trinajstić information content (AvgIpc) is 3.14. The minimum atomic E-state index is -0.435. The molecule has 7 nitrogen and oxygen atoms in total. The summed E-state index contributed by atoms with van der Waals surface area (Å²) in [5.41, 5.74) is 6.84. The number of rotatable bonds is 5. The van der Waals surface area contributed by atoms with E-state index in [9.17, 15) is 14.9 Å². The molecule has 0 aromatic heterocycles. The second-order valence-corrected chi connectivity index (χ2v) is 5.60. The van der Waals surface area contributed by atoms with Gasteiger partial charge in [0.1, 0.15) is 5.69 Å². The first-order chi connectivity index (χ1) is 11.6. The molecule has 0 atom stereocenters. The van der Waals surface area contributed by atoms with Crippen LogP contribution < -0.4 is 15.8 Å². The number of nitro groups is 1. The monoisotopic (exact) mass is 326 g/mol. The van der Waals surface area contributed by atoms with Gasteiger partial charge in [-0.1, -0.05) is 18.2 Å². The zero-order chi connectivity index (χ0) is 16.9. The van der Waals surface area contributed by atoms with Gasteiger partial charge in [0.25, 0.3) is 11.6 Å². The molecule has 0 aliphatic carbocycles. The van der Waals surface area contributed by atoms with Crippen LogP contribution in [0, 0.1) is 10.1 Å². The van der Waals surface area contributed by atoms with Crippen molar-refractivity contribution in [3.8, 4) is 0 Å². The SMILES string of the molecule is O=C(NNc1ccccc1)c1ccc(N2CCCC2)c([N+](=O)[O-])c1. The maximum Gasteiger partial charge on any atom is 0.293 e. The summed E-state index contributed by atoms with van der Waals surface area (Å²) in [5.74, 6) is -0.421. The summed E-state index contributed by atoms with van der Waals surface area (Å²) in [5, 5.41) is 11.4. The van der Waals surface area contributed by atoms with Crippen LogP contribution in [-0.2, 0) is 0 Å². The third-order valence-corrected chi connectivity index (χ3v) is 3.98. The summed E-state index contributed by atoms with van der Waals surface area (Å²) >= 11 is 0. The van der Waals surface area contributed by atoms with Crippen LogP contribution in [-0.4, -0.2) is 23.9 Å². The topological polar surface area (TPSA) is 87.5 Å². The Morgan fingerprint density at radius 1 is 1.08 bits per heavy atom. The van der Waals surface area contributed by atoms with E-state index in [4.69, 9.17) is 0 Å². The van der Waals surface area contributed by atoms with Gasteiger partial charge in [0.2, 0.25) is 0 Å². The number of carbonyl (C=O) groups is 1. The van der Waals surface area contributed by atoms with Gasteiger partial charge in [-0.2, -0.15) is 0 Å². The Kier molecular flexibility index (Phi) is 4.60. The Balaban J connectivity index is 1.76. The number of amides is 1. The summed E-state index contributed by atoms with van der Waals surface area (Å²) in [6.07, 6.45) is 2.06. The van der Waals surface area contributed by atoms with Crippen molar-refractivity contribution in [1.29, 1.82) is 0 Å². The second-order valence-electron chi connectivity index (χ2n) is 5.60. The number of benzene rings is 2. The van der Waals surface area contributed by atoms with Gasteiger partial charge in [0.05, 0.1) is 10.6 Å². The summed E-state index contributed by atoms with van der Waals surface area (Å²) in [7, 11) is 0. The van der Waals surface area contributed by atoms with E-state index in [0.717, 1.165) is 31.6 Å². The molecular weight excluding hydrogens is 308 g/mol. The normalized spacial score (nSPS) is 13.6. The lowest BCUT2D eigenvalue weighted by molar-refractivity contribution is -0.384.